The number of hydrogen-bond acceptors (Lipinski definition) is 2. The Morgan fingerprint density at radius 1 is 1.75 bits per heavy atom. The van der Waals surface area contributed by atoms with Gasteiger partial charge >= 0.3 is 5.97 Å². The van der Waals surface area contributed by atoms with Gasteiger partial charge in [-0.3, -0.25) is 0 Å². The molecule has 0 amide bonds. The predicted octanol–water partition coefficient (Wildman–Crippen LogP) is 1.06. The van der Waals surface area contributed by atoms with Crippen molar-refractivity contribution in [2.45, 2.75) is 25.3 Å². The van der Waals surface area contributed by atoms with Crippen molar-refractivity contribution in [3.8, 4) is 0 Å². The van der Waals surface area contributed by atoms with Crippen molar-refractivity contribution >= 4 is 5.97 Å². The van der Waals surface area contributed by atoms with Gasteiger partial charge in [0, 0.05) is 12.1 Å². The summed E-state index contributed by atoms with van der Waals surface area (Å²) in [6.07, 6.45) is 7.59. The molecule has 12 heavy (non-hydrogen) atoms. The van der Waals surface area contributed by atoms with Crippen LogP contribution in [0.2, 0.25) is 0 Å². The minimum atomic E-state index is -0.907. The first kappa shape index (κ1) is 9.00. The second-order valence-electron chi connectivity index (χ2n) is 2.99. The van der Waals surface area contributed by atoms with Gasteiger partial charge in [0.15, 0.2) is 0 Å². The summed E-state index contributed by atoms with van der Waals surface area (Å²) in [4.78, 5) is 10.2. The Kier molecular flexibility index (Phi) is 3.05. The summed E-state index contributed by atoms with van der Waals surface area (Å²) in [5, 5.41) is 8.36. The topological polar surface area (TPSA) is 63.3 Å². The maximum absolute atomic E-state index is 10.2. The summed E-state index contributed by atoms with van der Waals surface area (Å²) in [6, 6.07) is 0.198. The normalized spacial score (nSPS) is 24.1. The molecule has 1 rings (SSSR count). The number of aliphatic carboxylic acids is 1. The molecule has 0 saturated heterocycles. The molecule has 0 aromatic carbocycles. The Balaban J connectivity index is 2.52. The van der Waals surface area contributed by atoms with Gasteiger partial charge < -0.3 is 10.8 Å². The average molecular weight is 167 g/mol. The van der Waals surface area contributed by atoms with E-state index in [-0.39, 0.29) is 6.04 Å². The Morgan fingerprint density at radius 2 is 2.50 bits per heavy atom. The Labute approximate surface area is 71.6 Å². The molecule has 0 saturated carbocycles. The van der Waals surface area contributed by atoms with Crippen LogP contribution in [-0.4, -0.2) is 17.1 Å². The lowest BCUT2D eigenvalue weighted by atomic mass is 9.95. The molecule has 1 atom stereocenters. The van der Waals surface area contributed by atoms with Crippen molar-refractivity contribution in [3.63, 3.8) is 0 Å². The predicted molar refractivity (Wildman–Crippen MR) is 46.7 cm³/mol. The second-order valence-corrected chi connectivity index (χ2v) is 2.99. The highest BCUT2D eigenvalue weighted by molar-refractivity contribution is 5.80. The van der Waals surface area contributed by atoms with E-state index in [2.05, 4.69) is 0 Å². The van der Waals surface area contributed by atoms with Crippen LogP contribution in [0.5, 0.6) is 0 Å². The van der Waals surface area contributed by atoms with Crippen molar-refractivity contribution in [2.75, 3.05) is 0 Å². The molecule has 0 aromatic heterocycles. The van der Waals surface area contributed by atoms with E-state index in [4.69, 9.17) is 10.8 Å². The molecular weight excluding hydrogens is 154 g/mol. The highest BCUT2D eigenvalue weighted by Crippen LogP contribution is 2.17. The van der Waals surface area contributed by atoms with Crippen LogP contribution in [0.25, 0.3) is 0 Å². The first-order chi connectivity index (χ1) is 5.68. The van der Waals surface area contributed by atoms with Crippen LogP contribution in [0.1, 0.15) is 19.3 Å². The van der Waals surface area contributed by atoms with Crippen LogP contribution in [-0.2, 0) is 4.79 Å². The summed E-state index contributed by atoms with van der Waals surface area (Å²) in [7, 11) is 0. The number of hydrogen-bond donors (Lipinski definition) is 2. The molecule has 0 aliphatic heterocycles. The third kappa shape index (κ3) is 2.88. The number of carbonyl (C=O) groups is 1. The molecular formula is C9H13NO2. The van der Waals surface area contributed by atoms with Crippen LogP contribution in [0.15, 0.2) is 23.8 Å². The molecule has 3 heteroatoms. The van der Waals surface area contributed by atoms with Crippen LogP contribution in [0.4, 0.5) is 0 Å². The maximum atomic E-state index is 10.2. The highest BCUT2D eigenvalue weighted by atomic mass is 16.4. The van der Waals surface area contributed by atoms with Gasteiger partial charge in [-0.05, 0) is 19.3 Å². The van der Waals surface area contributed by atoms with E-state index in [1.165, 1.54) is 0 Å². The Hall–Kier alpha value is -1.09. The lowest BCUT2D eigenvalue weighted by molar-refractivity contribution is -0.131. The van der Waals surface area contributed by atoms with Crippen LogP contribution in [0, 0.1) is 0 Å². The lowest BCUT2D eigenvalue weighted by Gasteiger charge is -2.16. The molecule has 3 nitrogen and oxygen atoms in total. The molecule has 1 aliphatic rings. The SMILES string of the molecule is NC1CCC=C(/C=C/C(=O)O)C1. The number of carboxylic acids is 1. The zero-order chi connectivity index (χ0) is 8.97. The van der Waals surface area contributed by atoms with E-state index < -0.39 is 5.97 Å². The number of nitrogens with two attached hydrogens (primary N) is 1. The summed E-state index contributed by atoms with van der Waals surface area (Å²) in [5.74, 6) is -0.907. The minimum absolute atomic E-state index is 0.198. The maximum Gasteiger partial charge on any atom is 0.328 e. The molecule has 0 radical (unpaired) electrons. The largest absolute Gasteiger partial charge is 0.478 e. The van der Waals surface area contributed by atoms with Crippen molar-refractivity contribution in [1.82, 2.24) is 0 Å². The van der Waals surface area contributed by atoms with E-state index in [9.17, 15) is 4.79 Å². The quantitative estimate of drug-likeness (QED) is 0.604. The van der Waals surface area contributed by atoms with Crippen molar-refractivity contribution < 1.29 is 9.90 Å². The molecule has 1 unspecified atom stereocenters. The fourth-order valence-corrected chi connectivity index (χ4v) is 1.29. The summed E-state index contributed by atoms with van der Waals surface area (Å²) >= 11 is 0. The number of rotatable bonds is 2. The zero-order valence-electron chi connectivity index (χ0n) is 6.86. The minimum Gasteiger partial charge on any atom is -0.478 e. The van der Waals surface area contributed by atoms with Gasteiger partial charge in [0.05, 0.1) is 0 Å². The van der Waals surface area contributed by atoms with Gasteiger partial charge in [0.2, 0.25) is 0 Å². The van der Waals surface area contributed by atoms with Gasteiger partial charge in [0.25, 0.3) is 0 Å². The zero-order valence-corrected chi connectivity index (χ0v) is 6.86. The van der Waals surface area contributed by atoms with E-state index in [0.717, 1.165) is 30.9 Å². The summed E-state index contributed by atoms with van der Waals surface area (Å²) in [5.41, 5.74) is 6.75. The highest BCUT2D eigenvalue weighted by Gasteiger charge is 2.08. The lowest BCUT2D eigenvalue weighted by Crippen LogP contribution is -2.22. The van der Waals surface area contributed by atoms with Crippen LogP contribution < -0.4 is 5.73 Å². The third-order valence-electron chi connectivity index (χ3n) is 1.88. The van der Waals surface area contributed by atoms with Crippen molar-refractivity contribution in [2.24, 2.45) is 5.73 Å². The Morgan fingerprint density at radius 3 is 3.08 bits per heavy atom. The van der Waals surface area contributed by atoms with E-state index in [1.54, 1.807) is 6.08 Å². The molecule has 1 aliphatic carbocycles. The van der Waals surface area contributed by atoms with E-state index >= 15 is 0 Å². The van der Waals surface area contributed by atoms with Gasteiger partial charge in [0.1, 0.15) is 0 Å². The Bertz CT molecular complexity index is 231. The van der Waals surface area contributed by atoms with Gasteiger partial charge in [-0.15, -0.1) is 0 Å². The summed E-state index contributed by atoms with van der Waals surface area (Å²) in [6.45, 7) is 0. The third-order valence-corrected chi connectivity index (χ3v) is 1.88. The molecule has 3 N–H and O–H groups in total. The van der Waals surface area contributed by atoms with E-state index in [0.29, 0.717) is 0 Å². The van der Waals surface area contributed by atoms with Crippen LogP contribution in [0.3, 0.4) is 0 Å². The monoisotopic (exact) mass is 167 g/mol. The molecule has 0 aromatic rings. The van der Waals surface area contributed by atoms with E-state index in [1.807, 2.05) is 6.08 Å². The smallest absolute Gasteiger partial charge is 0.328 e. The molecule has 0 bridgehead atoms. The first-order valence-electron chi connectivity index (χ1n) is 4.04. The summed E-state index contributed by atoms with van der Waals surface area (Å²) < 4.78 is 0. The van der Waals surface area contributed by atoms with Gasteiger partial charge in [-0.1, -0.05) is 17.7 Å². The number of allylic oxidation sites excluding steroid dienone is 2. The number of carboxylic acid groups (broad SMARTS) is 1. The van der Waals surface area contributed by atoms with Crippen LogP contribution >= 0.6 is 0 Å². The van der Waals surface area contributed by atoms with Gasteiger partial charge in [-0.2, -0.15) is 0 Å². The fourth-order valence-electron chi connectivity index (χ4n) is 1.29. The molecule has 0 heterocycles. The van der Waals surface area contributed by atoms with Crippen molar-refractivity contribution in [1.29, 1.82) is 0 Å². The molecule has 0 spiro atoms. The average Bonchev–Trinajstić information content (AvgIpc) is 2.01. The van der Waals surface area contributed by atoms with Crippen molar-refractivity contribution in [3.05, 3.63) is 23.8 Å². The standard InChI is InChI=1S/C9H13NO2/c10-8-3-1-2-7(6-8)4-5-9(11)12/h2,4-5,8H,1,3,6,10H2,(H,11,12)/b5-4+. The fraction of sp³-hybridized carbons (Fsp3) is 0.444. The first-order valence-corrected chi connectivity index (χ1v) is 4.04. The van der Waals surface area contributed by atoms with Gasteiger partial charge in [-0.25, -0.2) is 4.79 Å². The molecule has 66 valence electrons. The molecule has 0 fully saturated rings. The second kappa shape index (κ2) is 4.07.